The molecule has 2 heterocycles. The number of nitrogens with zero attached hydrogens (tertiary/aromatic N) is 3. The van der Waals surface area contributed by atoms with E-state index in [4.69, 9.17) is 4.74 Å². The first-order valence-electron chi connectivity index (χ1n) is 6.01. The van der Waals surface area contributed by atoms with Crippen LogP contribution in [0.15, 0.2) is 22.8 Å². The lowest BCUT2D eigenvalue weighted by atomic mass is 10.3. The minimum atomic E-state index is 0.784. The normalized spacial score (nSPS) is 11.6. The molecule has 0 amide bonds. The average molecular weight is 323 g/mol. The van der Waals surface area contributed by atoms with Gasteiger partial charge >= 0.3 is 0 Å². The van der Waals surface area contributed by atoms with Crippen LogP contribution in [0.3, 0.4) is 0 Å². The van der Waals surface area contributed by atoms with Gasteiger partial charge in [0.2, 0.25) is 5.78 Å². The van der Waals surface area contributed by atoms with E-state index >= 15 is 0 Å². The molecule has 3 aromatic rings. The number of methoxy groups -OCH3 is 1. The largest absolute Gasteiger partial charge is 0.497 e. The van der Waals surface area contributed by atoms with Crippen LogP contribution in [-0.4, -0.2) is 28.1 Å². The highest BCUT2D eigenvalue weighted by Crippen LogP contribution is 2.29. The summed E-state index contributed by atoms with van der Waals surface area (Å²) in [5, 5.41) is 3.17. The third-order valence-electron chi connectivity index (χ3n) is 3.33. The molecule has 1 aromatic carbocycles. The van der Waals surface area contributed by atoms with Gasteiger partial charge in [0.25, 0.3) is 0 Å². The molecule has 1 N–H and O–H groups in total. The van der Waals surface area contributed by atoms with Crippen LogP contribution in [0.1, 0.15) is 5.69 Å². The van der Waals surface area contributed by atoms with Crippen molar-refractivity contribution in [1.82, 2.24) is 19.3 Å². The number of hydrogen-bond donors (Lipinski definition) is 1. The molecular formula is C13H15BrN4O. The fraction of sp³-hybridized carbons (Fsp3) is 0.308. The number of benzene rings is 1. The first-order chi connectivity index (χ1) is 9.17. The van der Waals surface area contributed by atoms with Crippen LogP contribution in [0.5, 0.6) is 5.75 Å². The molecule has 2 aromatic heterocycles. The van der Waals surface area contributed by atoms with Crippen molar-refractivity contribution in [2.45, 2.75) is 6.54 Å². The summed E-state index contributed by atoms with van der Waals surface area (Å²) in [7, 11) is 5.63. The van der Waals surface area contributed by atoms with Crippen molar-refractivity contribution >= 4 is 32.7 Å². The van der Waals surface area contributed by atoms with Crippen molar-refractivity contribution in [1.29, 1.82) is 0 Å². The maximum atomic E-state index is 5.29. The molecule has 0 saturated heterocycles. The highest BCUT2D eigenvalue weighted by molar-refractivity contribution is 9.10. The van der Waals surface area contributed by atoms with Crippen LogP contribution in [0.2, 0.25) is 0 Å². The van der Waals surface area contributed by atoms with E-state index in [-0.39, 0.29) is 0 Å². The topological polar surface area (TPSA) is 43.5 Å². The number of nitrogens with one attached hydrogen (secondary N) is 1. The molecule has 19 heavy (non-hydrogen) atoms. The van der Waals surface area contributed by atoms with E-state index in [0.717, 1.165) is 39.4 Å². The third-order valence-corrected chi connectivity index (χ3v) is 4.14. The van der Waals surface area contributed by atoms with E-state index in [1.165, 1.54) is 0 Å². The van der Waals surface area contributed by atoms with Gasteiger partial charge in [-0.1, -0.05) is 0 Å². The Kier molecular flexibility index (Phi) is 2.99. The van der Waals surface area contributed by atoms with Gasteiger partial charge in [0, 0.05) is 19.7 Å². The minimum absolute atomic E-state index is 0.784. The van der Waals surface area contributed by atoms with Crippen molar-refractivity contribution in [2.75, 3.05) is 14.2 Å². The number of fused-ring (bicyclic) bond motifs is 3. The fourth-order valence-electron chi connectivity index (χ4n) is 2.34. The van der Waals surface area contributed by atoms with Crippen LogP contribution >= 0.6 is 15.9 Å². The second-order valence-corrected chi connectivity index (χ2v) is 5.18. The smallest absolute Gasteiger partial charge is 0.215 e. The molecule has 0 fully saturated rings. The van der Waals surface area contributed by atoms with Crippen LogP contribution in [0, 0.1) is 0 Å². The summed E-state index contributed by atoms with van der Waals surface area (Å²) in [5.41, 5.74) is 3.16. The Hall–Kier alpha value is -1.53. The predicted molar refractivity (Wildman–Crippen MR) is 78.7 cm³/mol. The molecule has 5 nitrogen and oxygen atoms in total. The second-order valence-electron chi connectivity index (χ2n) is 4.43. The quantitative estimate of drug-likeness (QED) is 0.804. The molecule has 0 aliphatic carbocycles. The number of aryl methyl sites for hydroxylation is 1. The molecule has 100 valence electrons. The zero-order valence-corrected chi connectivity index (χ0v) is 12.7. The molecule has 0 radical (unpaired) electrons. The SMILES string of the molecule is CNCc1c(Br)n2c3cc(OC)ccc3nc2n1C. The Morgan fingerprint density at radius 1 is 1.42 bits per heavy atom. The van der Waals surface area contributed by atoms with E-state index in [1.54, 1.807) is 7.11 Å². The van der Waals surface area contributed by atoms with Gasteiger partial charge in [-0.15, -0.1) is 0 Å². The predicted octanol–water partition coefficient (Wildman–Crippen LogP) is 2.32. The molecule has 6 heteroatoms. The van der Waals surface area contributed by atoms with Crippen molar-refractivity contribution in [2.24, 2.45) is 7.05 Å². The summed E-state index contributed by atoms with van der Waals surface area (Å²) in [6, 6.07) is 5.91. The summed E-state index contributed by atoms with van der Waals surface area (Å²) in [4.78, 5) is 4.67. The van der Waals surface area contributed by atoms with E-state index in [9.17, 15) is 0 Å². The fourth-order valence-corrected chi connectivity index (χ4v) is 3.09. The van der Waals surface area contributed by atoms with E-state index in [1.807, 2.05) is 32.3 Å². The zero-order valence-electron chi connectivity index (χ0n) is 11.1. The van der Waals surface area contributed by atoms with E-state index in [2.05, 4.69) is 35.2 Å². The zero-order chi connectivity index (χ0) is 13.6. The van der Waals surface area contributed by atoms with Crippen molar-refractivity contribution in [3.8, 4) is 5.75 Å². The van der Waals surface area contributed by atoms with Gasteiger partial charge < -0.3 is 14.6 Å². The maximum Gasteiger partial charge on any atom is 0.215 e. The first-order valence-corrected chi connectivity index (χ1v) is 6.80. The van der Waals surface area contributed by atoms with Gasteiger partial charge in [-0.25, -0.2) is 4.98 Å². The standard InChI is InChI=1S/C13H15BrN4O/c1-15-7-11-12(14)18-10-6-8(19-3)4-5-9(10)16-13(18)17(11)2/h4-6,15H,7H2,1-3H3. The number of hydrogen-bond acceptors (Lipinski definition) is 3. The molecule has 0 saturated carbocycles. The molecule has 3 rings (SSSR count). The van der Waals surface area contributed by atoms with Crippen molar-refractivity contribution in [3.05, 3.63) is 28.5 Å². The first kappa shape index (κ1) is 12.5. The molecule has 0 unspecified atom stereocenters. The number of imidazole rings is 2. The highest BCUT2D eigenvalue weighted by Gasteiger charge is 2.17. The Morgan fingerprint density at radius 2 is 2.21 bits per heavy atom. The molecule has 0 spiro atoms. The lowest BCUT2D eigenvalue weighted by molar-refractivity contribution is 0.415. The lowest BCUT2D eigenvalue weighted by Gasteiger charge is -2.02. The van der Waals surface area contributed by atoms with Crippen LogP contribution in [0.25, 0.3) is 16.8 Å². The number of ether oxygens (including phenoxy) is 1. The van der Waals surface area contributed by atoms with Crippen molar-refractivity contribution < 1.29 is 4.74 Å². The van der Waals surface area contributed by atoms with E-state index in [0.29, 0.717) is 0 Å². The van der Waals surface area contributed by atoms with Gasteiger partial charge in [-0.05, 0) is 35.1 Å². The molecule has 0 aliphatic heterocycles. The Balaban J connectivity index is 2.37. The van der Waals surface area contributed by atoms with Crippen LogP contribution < -0.4 is 10.1 Å². The second kappa shape index (κ2) is 4.54. The lowest BCUT2D eigenvalue weighted by Crippen LogP contribution is -2.09. The third kappa shape index (κ3) is 1.74. The van der Waals surface area contributed by atoms with Gasteiger partial charge in [0.1, 0.15) is 10.4 Å². The van der Waals surface area contributed by atoms with Gasteiger partial charge in [-0.2, -0.15) is 0 Å². The highest BCUT2D eigenvalue weighted by atomic mass is 79.9. The Bertz CT molecular complexity index is 759. The van der Waals surface area contributed by atoms with E-state index < -0.39 is 0 Å². The van der Waals surface area contributed by atoms with Gasteiger partial charge in [0.05, 0.1) is 23.8 Å². The molecule has 0 atom stereocenters. The minimum Gasteiger partial charge on any atom is -0.497 e. The summed E-state index contributed by atoms with van der Waals surface area (Å²) < 4.78 is 10.5. The van der Waals surface area contributed by atoms with Crippen LogP contribution in [-0.2, 0) is 13.6 Å². The summed E-state index contributed by atoms with van der Waals surface area (Å²) in [6.07, 6.45) is 0. The maximum absolute atomic E-state index is 5.29. The number of halogens is 1. The Morgan fingerprint density at radius 3 is 2.89 bits per heavy atom. The Labute approximate surface area is 119 Å². The van der Waals surface area contributed by atoms with Gasteiger partial charge in [-0.3, -0.25) is 4.40 Å². The molecule has 0 bridgehead atoms. The summed E-state index contributed by atoms with van der Waals surface area (Å²) in [5.74, 6) is 1.75. The average Bonchev–Trinajstić information content (AvgIpc) is 2.90. The molecular weight excluding hydrogens is 308 g/mol. The summed E-state index contributed by atoms with van der Waals surface area (Å²) >= 11 is 3.67. The van der Waals surface area contributed by atoms with Crippen LogP contribution in [0.4, 0.5) is 0 Å². The number of aromatic nitrogens is 3. The van der Waals surface area contributed by atoms with Gasteiger partial charge in [0.15, 0.2) is 0 Å². The number of rotatable bonds is 3. The monoisotopic (exact) mass is 322 g/mol. The van der Waals surface area contributed by atoms with Crippen molar-refractivity contribution in [3.63, 3.8) is 0 Å². The molecule has 0 aliphatic rings. The summed E-state index contributed by atoms with van der Waals surface area (Å²) in [6.45, 7) is 0.784.